The molecule has 0 spiro atoms. The van der Waals surface area contributed by atoms with Crippen molar-refractivity contribution >= 4 is 0 Å². The third kappa shape index (κ3) is 3.29. The van der Waals surface area contributed by atoms with E-state index in [1.807, 2.05) is 83.5 Å². The molecule has 134 valence electrons. The number of hydrogen-bond acceptors (Lipinski definition) is 3. The second-order valence-electron chi connectivity index (χ2n) is 6.09. The summed E-state index contributed by atoms with van der Waals surface area (Å²) in [6, 6.07) is 28.1. The molecular formula is C23H20N2O2. The lowest BCUT2D eigenvalue weighted by atomic mass is 10.1. The first kappa shape index (κ1) is 16.9. The summed E-state index contributed by atoms with van der Waals surface area (Å²) in [6.45, 7) is 0. The molecule has 0 aliphatic heterocycles. The second kappa shape index (κ2) is 7.38. The molecule has 0 N–H and O–H groups in total. The van der Waals surface area contributed by atoms with Gasteiger partial charge in [-0.05, 0) is 54.6 Å². The Hall–Kier alpha value is -3.53. The minimum absolute atomic E-state index is 0.816. The van der Waals surface area contributed by atoms with E-state index in [2.05, 4.69) is 6.07 Å². The molecule has 0 radical (unpaired) electrons. The first-order valence-electron chi connectivity index (χ1n) is 8.73. The highest BCUT2D eigenvalue weighted by atomic mass is 16.5. The van der Waals surface area contributed by atoms with Crippen LogP contribution in [0.25, 0.3) is 28.2 Å². The van der Waals surface area contributed by atoms with Gasteiger partial charge in [-0.2, -0.15) is 5.10 Å². The van der Waals surface area contributed by atoms with Crippen LogP contribution in [0.3, 0.4) is 0 Å². The van der Waals surface area contributed by atoms with Crippen molar-refractivity contribution in [3.63, 3.8) is 0 Å². The van der Waals surface area contributed by atoms with Gasteiger partial charge in [0.2, 0.25) is 0 Å². The van der Waals surface area contributed by atoms with E-state index in [1.54, 1.807) is 14.2 Å². The van der Waals surface area contributed by atoms with Gasteiger partial charge in [-0.25, -0.2) is 4.68 Å². The Bertz CT molecular complexity index is 1040. The standard InChI is InChI=1S/C23H20N2O2/c1-26-19-14-12-17(13-15-19)21-16-22(20-10-6-7-11-23(20)27-2)25(24-21)18-8-4-3-5-9-18/h3-16H,1-2H3. The van der Waals surface area contributed by atoms with E-state index in [0.29, 0.717) is 0 Å². The average molecular weight is 356 g/mol. The Morgan fingerprint density at radius 2 is 1.44 bits per heavy atom. The average Bonchev–Trinajstić information content (AvgIpc) is 3.19. The SMILES string of the molecule is COc1ccc(-c2cc(-c3ccccc3OC)n(-c3ccccc3)n2)cc1. The molecular weight excluding hydrogens is 336 g/mol. The highest BCUT2D eigenvalue weighted by molar-refractivity contribution is 5.74. The highest BCUT2D eigenvalue weighted by Crippen LogP contribution is 2.34. The van der Waals surface area contributed by atoms with Crippen molar-refractivity contribution in [3.05, 3.63) is 84.9 Å². The van der Waals surface area contributed by atoms with Crippen LogP contribution in [-0.2, 0) is 0 Å². The Kier molecular flexibility index (Phi) is 4.62. The molecule has 1 heterocycles. The summed E-state index contributed by atoms with van der Waals surface area (Å²) >= 11 is 0. The number of methoxy groups -OCH3 is 2. The van der Waals surface area contributed by atoms with Crippen LogP contribution in [0.1, 0.15) is 0 Å². The molecule has 0 aliphatic carbocycles. The first-order valence-corrected chi connectivity index (χ1v) is 8.73. The number of benzene rings is 3. The lowest BCUT2D eigenvalue weighted by molar-refractivity contribution is 0.415. The Balaban J connectivity index is 1.89. The van der Waals surface area contributed by atoms with Crippen LogP contribution in [0, 0.1) is 0 Å². The number of rotatable bonds is 5. The predicted octanol–water partition coefficient (Wildman–Crippen LogP) is 5.22. The third-order valence-corrected chi connectivity index (χ3v) is 4.48. The van der Waals surface area contributed by atoms with Crippen LogP contribution in [0.2, 0.25) is 0 Å². The highest BCUT2D eigenvalue weighted by Gasteiger charge is 2.16. The van der Waals surface area contributed by atoms with Gasteiger partial charge in [-0.1, -0.05) is 30.3 Å². The molecule has 4 rings (SSSR count). The molecule has 0 atom stereocenters. The third-order valence-electron chi connectivity index (χ3n) is 4.48. The normalized spacial score (nSPS) is 10.6. The van der Waals surface area contributed by atoms with E-state index in [-0.39, 0.29) is 0 Å². The van der Waals surface area contributed by atoms with Gasteiger partial charge in [-0.15, -0.1) is 0 Å². The van der Waals surface area contributed by atoms with Crippen molar-refractivity contribution in [2.24, 2.45) is 0 Å². The lowest BCUT2D eigenvalue weighted by Gasteiger charge is -2.10. The maximum atomic E-state index is 5.58. The fourth-order valence-electron chi connectivity index (χ4n) is 3.10. The zero-order valence-electron chi connectivity index (χ0n) is 15.3. The number of aromatic nitrogens is 2. The molecule has 4 aromatic rings. The fourth-order valence-corrected chi connectivity index (χ4v) is 3.10. The fraction of sp³-hybridized carbons (Fsp3) is 0.0870. The minimum atomic E-state index is 0.816. The van der Waals surface area contributed by atoms with E-state index in [0.717, 1.165) is 39.7 Å². The van der Waals surface area contributed by atoms with Gasteiger partial charge < -0.3 is 9.47 Å². The molecule has 0 saturated heterocycles. The molecule has 0 unspecified atom stereocenters. The number of ether oxygens (including phenoxy) is 2. The summed E-state index contributed by atoms with van der Waals surface area (Å²) in [5.74, 6) is 1.64. The zero-order chi connectivity index (χ0) is 18.6. The lowest BCUT2D eigenvalue weighted by Crippen LogP contribution is -2.00. The van der Waals surface area contributed by atoms with Gasteiger partial charge in [0.15, 0.2) is 0 Å². The van der Waals surface area contributed by atoms with E-state index in [4.69, 9.17) is 14.6 Å². The maximum absolute atomic E-state index is 5.58. The number of nitrogens with zero attached hydrogens (tertiary/aromatic N) is 2. The Labute approximate surface area is 158 Å². The summed E-state index contributed by atoms with van der Waals surface area (Å²) in [7, 11) is 3.35. The Morgan fingerprint density at radius 3 is 2.15 bits per heavy atom. The van der Waals surface area contributed by atoms with E-state index >= 15 is 0 Å². The molecule has 3 aromatic carbocycles. The predicted molar refractivity (Wildman–Crippen MR) is 108 cm³/mol. The van der Waals surface area contributed by atoms with Crippen LogP contribution in [0.5, 0.6) is 11.5 Å². The summed E-state index contributed by atoms with van der Waals surface area (Å²) in [4.78, 5) is 0. The van der Waals surface area contributed by atoms with Crippen LogP contribution < -0.4 is 9.47 Å². The largest absolute Gasteiger partial charge is 0.497 e. The maximum Gasteiger partial charge on any atom is 0.128 e. The molecule has 0 amide bonds. The van der Waals surface area contributed by atoms with Gasteiger partial charge in [0, 0.05) is 11.1 Å². The monoisotopic (exact) mass is 356 g/mol. The topological polar surface area (TPSA) is 36.3 Å². The molecule has 27 heavy (non-hydrogen) atoms. The first-order chi connectivity index (χ1) is 13.3. The van der Waals surface area contributed by atoms with Gasteiger partial charge in [0.25, 0.3) is 0 Å². The molecule has 4 heteroatoms. The minimum Gasteiger partial charge on any atom is -0.497 e. The van der Waals surface area contributed by atoms with Crippen molar-refractivity contribution in [1.29, 1.82) is 0 Å². The van der Waals surface area contributed by atoms with Gasteiger partial charge in [0.05, 0.1) is 31.3 Å². The molecule has 1 aromatic heterocycles. The Morgan fingerprint density at radius 1 is 0.741 bits per heavy atom. The smallest absolute Gasteiger partial charge is 0.128 e. The molecule has 4 nitrogen and oxygen atoms in total. The summed E-state index contributed by atoms with van der Waals surface area (Å²) < 4.78 is 12.8. The van der Waals surface area contributed by atoms with Crippen LogP contribution >= 0.6 is 0 Å². The summed E-state index contributed by atoms with van der Waals surface area (Å²) in [5, 5.41) is 4.88. The van der Waals surface area contributed by atoms with Gasteiger partial charge in [-0.3, -0.25) is 0 Å². The summed E-state index contributed by atoms with van der Waals surface area (Å²) in [6.07, 6.45) is 0. The molecule has 0 bridgehead atoms. The van der Waals surface area contributed by atoms with Crippen molar-refractivity contribution < 1.29 is 9.47 Å². The van der Waals surface area contributed by atoms with E-state index in [1.165, 1.54) is 0 Å². The second-order valence-corrected chi connectivity index (χ2v) is 6.09. The quantitative estimate of drug-likeness (QED) is 0.492. The van der Waals surface area contributed by atoms with Crippen molar-refractivity contribution in [2.45, 2.75) is 0 Å². The van der Waals surface area contributed by atoms with Crippen LogP contribution in [0.15, 0.2) is 84.9 Å². The van der Waals surface area contributed by atoms with E-state index in [9.17, 15) is 0 Å². The van der Waals surface area contributed by atoms with Gasteiger partial charge in [0.1, 0.15) is 11.5 Å². The van der Waals surface area contributed by atoms with Crippen LogP contribution in [0.4, 0.5) is 0 Å². The number of para-hydroxylation sites is 2. The molecule has 0 aliphatic rings. The zero-order valence-corrected chi connectivity index (χ0v) is 15.3. The molecule has 0 fully saturated rings. The van der Waals surface area contributed by atoms with Crippen molar-refractivity contribution in [2.75, 3.05) is 14.2 Å². The number of hydrogen-bond donors (Lipinski definition) is 0. The van der Waals surface area contributed by atoms with Crippen molar-refractivity contribution in [1.82, 2.24) is 9.78 Å². The van der Waals surface area contributed by atoms with Crippen molar-refractivity contribution in [3.8, 4) is 39.7 Å². The van der Waals surface area contributed by atoms with E-state index < -0.39 is 0 Å². The van der Waals surface area contributed by atoms with Crippen LogP contribution in [-0.4, -0.2) is 24.0 Å². The van der Waals surface area contributed by atoms with Gasteiger partial charge >= 0.3 is 0 Å². The summed E-state index contributed by atoms with van der Waals surface area (Å²) in [5.41, 5.74) is 4.89. The molecule has 0 saturated carbocycles.